The van der Waals surface area contributed by atoms with Crippen LogP contribution in [-0.4, -0.2) is 47.1 Å². The van der Waals surface area contributed by atoms with Gasteiger partial charge in [-0.3, -0.25) is 4.79 Å². The quantitative estimate of drug-likeness (QED) is 0.839. The lowest BCUT2D eigenvalue weighted by atomic mass is 10.0. The van der Waals surface area contributed by atoms with E-state index in [0.29, 0.717) is 17.4 Å². The van der Waals surface area contributed by atoms with Crippen LogP contribution in [0.1, 0.15) is 34.7 Å². The molecule has 6 nitrogen and oxygen atoms in total. The Kier molecular flexibility index (Phi) is 5.52. The molecule has 0 atom stereocenters. The van der Waals surface area contributed by atoms with E-state index in [-0.39, 0.29) is 5.91 Å². The van der Waals surface area contributed by atoms with E-state index in [1.807, 2.05) is 37.1 Å². The van der Waals surface area contributed by atoms with Gasteiger partial charge in [-0.05, 0) is 38.9 Å². The van der Waals surface area contributed by atoms with Crippen molar-refractivity contribution in [1.29, 1.82) is 0 Å². The lowest BCUT2D eigenvalue weighted by molar-refractivity contribution is 0.0703. The van der Waals surface area contributed by atoms with Crippen molar-refractivity contribution < 1.29 is 9.32 Å². The summed E-state index contributed by atoms with van der Waals surface area (Å²) in [6.45, 7) is 3.43. The molecule has 24 heavy (non-hydrogen) atoms. The molecular weight excluding hydrogens is 324 g/mol. The average molecular weight is 346 g/mol. The number of nitrogens with one attached hydrogen (secondary N) is 1. The monoisotopic (exact) mass is 346 g/mol. The second-order valence-electron chi connectivity index (χ2n) is 5.93. The maximum Gasteiger partial charge on any atom is 0.256 e. The normalized spacial score (nSPS) is 15.7. The number of hydrogen-bond acceptors (Lipinski definition) is 6. The largest absolute Gasteiger partial charge is 0.361 e. The van der Waals surface area contributed by atoms with Gasteiger partial charge < -0.3 is 14.7 Å². The zero-order valence-corrected chi connectivity index (χ0v) is 14.8. The fraction of sp³-hybridized carbons (Fsp3) is 0.471. The molecule has 0 bridgehead atoms. The van der Waals surface area contributed by atoms with E-state index in [1.165, 1.54) is 11.8 Å². The number of amides is 1. The summed E-state index contributed by atoms with van der Waals surface area (Å²) in [5.41, 5.74) is 1.53. The molecule has 0 aliphatic carbocycles. The summed E-state index contributed by atoms with van der Waals surface area (Å²) < 4.78 is 5.08. The zero-order chi connectivity index (χ0) is 16.9. The molecule has 2 aromatic heterocycles. The second kappa shape index (κ2) is 7.81. The third kappa shape index (κ3) is 3.96. The maximum atomic E-state index is 12.8. The molecule has 1 aliphatic rings. The predicted octanol–water partition coefficient (Wildman–Crippen LogP) is 2.49. The molecule has 128 valence electrons. The number of pyridine rings is 1. The highest BCUT2D eigenvalue weighted by molar-refractivity contribution is 7.98. The van der Waals surface area contributed by atoms with E-state index in [9.17, 15) is 4.79 Å². The maximum absolute atomic E-state index is 12.8. The Morgan fingerprint density at radius 3 is 2.92 bits per heavy atom. The van der Waals surface area contributed by atoms with E-state index < -0.39 is 0 Å². The van der Waals surface area contributed by atoms with Crippen molar-refractivity contribution in [2.75, 3.05) is 20.1 Å². The molecule has 1 saturated heterocycles. The SMILES string of the molecule is CNC1CCN(C(=O)c2cccnc2SCc2cc(C)on2)CC1. The lowest BCUT2D eigenvalue weighted by Crippen LogP contribution is -2.44. The molecule has 1 fully saturated rings. The number of nitrogens with zero attached hydrogens (tertiary/aromatic N) is 3. The van der Waals surface area contributed by atoms with Crippen LogP contribution in [0, 0.1) is 6.92 Å². The first-order chi connectivity index (χ1) is 11.7. The van der Waals surface area contributed by atoms with Gasteiger partial charge in [0.15, 0.2) is 0 Å². The van der Waals surface area contributed by atoms with Crippen LogP contribution in [0.15, 0.2) is 33.9 Å². The minimum atomic E-state index is 0.0662. The molecule has 2 aromatic rings. The molecule has 0 saturated carbocycles. The Labute approximate surface area is 146 Å². The summed E-state index contributed by atoms with van der Waals surface area (Å²) in [4.78, 5) is 19.2. The molecule has 1 aliphatic heterocycles. The molecule has 0 aromatic carbocycles. The predicted molar refractivity (Wildman–Crippen MR) is 93.0 cm³/mol. The highest BCUT2D eigenvalue weighted by Gasteiger charge is 2.24. The number of likely N-dealkylation sites (tertiary alicyclic amines) is 1. The third-order valence-corrected chi connectivity index (χ3v) is 5.26. The lowest BCUT2D eigenvalue weighted by Gasteiger charge is -2.32. The van der Waals surface area contributed by atoms with Gasteiger partial charge in [0.1, 0.15) is 10.8 Å². The van der Waals surface area contributed by atoms with Crippen LogP contribution in [0.2, 0.25) is 0 Å². The van der Waals surface area contributed by atoms with Crippen LogP contribution in [0.5, 0.6) is 0 Å². The highest BCUT2D eigenvalue weighted by Crippen LogP contribution is 2.26. The van der Waals surface area contributed by atoms with Crippen LogP contribution >= 0.6 is 11.8 Å². The van der Waals surface area contributed by atoms with E-state index in [4.69, 9.17) is 4.52 Å². The molecule has 3 rings (SSSR count). The fourth-order valence-corrected chi connectivity index (χ4v) is 3.71. The molecule has 1 N–H and O–H groups in total. The summed E-state index contributed by atoms with van der Waals surface area (Å²) in [5, 5.41) is 8.02. The first-order valence-corrected chi connectivity index (χ1v) is 9.12. The first kappa shape index (κ1) is 17.0. The summed E-state index contributed by atoms with van der Waals surface area (Å²) in [6, 6.07) is 6.08. The summed E-state index contributed by atoms with van der Waals surface area (Å²) in [7, 11) is 1.98. The Morgan fingerprint density at radius 1 is 1.46 bits per heavy atom. The van der Waals surface area contributed by atoms with Crippen molar-refractivity contribution in [2.45, 2.75) is 36.6 Å². The van der Waals surface area contributed by atoms with Gasteiger partial charge in [-0.25, -0.2) is 4.98 Å². The number of rotatable bonds is 5. The number of thioether (sulfide) groups is 1. The number of hydrogen-bond donors (Lipinski definition) is 1. The van der Waals surface area contributed by atoms with Crippen molar-refractivity contribution >= 4 is 17.7 Å². The Balaban J connectivity index is 1.68. The Bertz CT molecular complexity index is 695. The van der Waals surface area contributed by atoms with Gasteiger partial charge in [0.25, 0.3) is 5.91 Å². The van der Waals surface area contributed by atoms with Crippen LogP contribution in [0.4, 0.5) is 0 Å². The van der Waals surface area contributed by atoms with Gasteiger partial charge >= 0.3 is 0 Å². The van der Waals surface area contributed by atoms with Gasteiger partial charge in [0, 0.05) is 37.1 Å². The zero-order valence-electron chi connectivity index (χ0n) is 14.0. The summed E-state index contributed by atoms with van der Waals surface area (Å²) in [6.07, 6.45) is 3.70. The Morgan fingerprint density at radius 2 is 2.25 bits per heavy atom. The van der Waals surface area contributed by atoms with Crippen LogP contribution in [0.3, 0.4) is 0 Å². The molecule has 0 radical (unpaired) electrons. The number of carbonyl (C=O) groups is 1. The van der Waals surface area contributed by atoms with Crippen LogP contribution < -0.4 is 5.32 Å². The topological polar surface area (TPSA) is 71.3 Å². The first-order valence-electron chi connectivity index (χ1n) is 8.14. The van der Waals surface area contributed by atoms with Crippen LogP contribution in [-0.2, 0) is 5.75 Å². The minimum absolute atomic E-state index is 0.0662. The van der Waals surface area contributed by atoms with Gasteiger partial charge in [-0.1, -0.05) is 16.9 Å². The van der Waals surface area contributed by atoms with Crippen LogP contribution in [0.25, 0.3) is 0 Å². The van der Waals surface area contributed by atoms with Gasteiger partial charge in [-0.15, -0.1) is 0 Å². The second-order valence-corrected chi connectivity index (χ2v) is 6.89. The van der Waals surface area contributed by atoms with Gasteiger partial charge in [0.05, 0.1) is 11.3 Å². The molecule has 1 amide bonds. The minimum Gasteiger partial charge on any atom is -0.361 e. The molecule has 0 unspecified atom stereocenters. The van der Waals surface area contributed by atoms with Gasteiger partial charge in [0.2, 0.25) is 0 Å². The van der Waals surface area contributed by atoms with Crippen molar-refractivity contribution in [3.63, 3.8) is 0 Å². The molecule has 7 heteroatoms. The van der Waals surface area contributed by atoms with E-state index in [1.54, 1.807) is 6.20 Å². The number of aryl methyl sites for hydroxylation is 1. The van der Waals surface area contributed by atoms with E-state index in [0.717, 1.165) is 42.4 Å². The third-order valence-electron chi connectivity index (χ3n) is 4.23. The summed E-state index contributed by atoms with van der Waals surface area (Å²) in [5.74, 6) is 1.49. The molecule has 3 heterocycles. The van der Waals surface area contributed by atoms with Crippen molar-refractivity contribution in [3.05, 3.63) is 41.4 Å². The van der Waals surface area contributed by atoms with Crippen molar-refractivity contribution in [1.82, 2.24) is 20.4 Å². The van der Waals surface area contributed by atoms with Crippen molar-refractivity contribution in [3.8, 4) is 0 Å². The number of carbonyl (C=O) groups excluding carboxylic acids is 1. The van der Waals surface area contributed by atoms with E-state index in [2.05, 4.69) is 15.5 Å². The molecular formula is C17H22N4O2S. The van der Waals surface area contributed by atoms with Gasteiger partial charge in [-0.2, -0.15) is 0 Å². The average Bonchev–Trinajstić information content (AvgIpc) is 3.05. The smallest absolute Gasteiger partial charge is 0.256 e. The fourth-order valence-electron chi connectivity index (χ4n) is 2.84. The Hall–Kier alpha value is -1.86. The van der Waals surface area contributed by atoms with Crippen molar-refractivity contribution in [2.24, 2.45) is 0 Å². The number of piperidine rings is 1. The summed E-state index contributed by atoms with van der Waals surface area (Å²) >= 11 is 1.52. The molecule has 0 spiro atoms. The number of aromatic nitrogens is 2. The van der Waals surface area contributed by atoms with E-state index >= 15 is 0 Å². The highest BCUT2D eigenvalue weighted by atomic mass is 32.2. The standard InChI is InChI=1S/C17H22N4O2S/c1-12-10-14(20-23-12)11-24-16-15(4-3-7-19-16)17(22)21-8-5-13(18-2)6-9-21/h3-4,7,10,13,18H,5-6,8-9,11H2,1-2H3.